The average Bonchev–Trinajstić information content (AvgIpc) is 3.01. The average molecular weight is 1590 g/mol. The van der Waals surface area contributed by atoms with Gasteiger partial charge in [-0.2, -0.15) is 0 Å². The first kappa shape index (κ1) is 40.4. The molecule has 0 bridgehead atoms. The molecule has 0 aliphatic heterocycles. The van der Waals surface area contributed by atoms with E-state index in [2.05, 4.69) is 239 Å². The van der Waals surface area contributed by atoms with Gasteiger partial charge in [-0.3, -0.25) is 0 Å². The highest BCUT2D eigenvalue weighted by atomic mass is 79.9. The summed E-state index contributed by atoms with van der Waals surface area (Å²) in [4.78, 5) is 59.2. The van der Waals surface area contributed by atoms with Gasteiger partial charge in [0.05, 0.1) is 53.7 Å². The zero-order valence-electron chi connectivity index (χ0n) is 20.0. The van der Waals surface area contributed by atoms with Crippen molar-refractivity contribution in [3.05, 3.63) is 98.5 Å². The van der Waals surface area contributed by atoms with Gasteiger partial charge in [0.25, 0.3) is 0 Å². The minimum absolute atomic E-state index is 0.0270. The first-order valence-corrected chi connectivity index (χ1v) is 22.3. The third kappa shape index (κ3) is 7.60. The number of halogens is 15. The molecule has 4 aromatic rings. The second-order valence-corrected chi connectivity index (χ2v) is 19.6. The molecule has 0 spiro atoms. The SMILES string of the molecule is O=c1n(Oc2c(Br)c(Br)c(Br)c(Br)c2Br)c(=O)n(Oc2c(Br)c(Br)c(Br)c(Br)c2Br)c(=O)n1Oc1c(Br)c(Br)c(Br)c(Br)c1Br. The number of nitrogens with zero attached hydrogens (tertiary/aromatic N) is 3. The molecule has 240 valence electrons. The van der Waals surface area contributed by atoms with Crippen LogP contribution in [-0.4, -0.2) is 14.2 Å². The predicted octanol–water partition coefficient (Wildman–Crippen LogP) is 13.1. The lowest BCUT2D eigenvalue weighted by atomic mass is 10.3. The highest BCUT2D eigenvalue weighted by molar-refractivity contribution is 9.17. The lowest BCUT2D eigenvalue weighted by molar-refractivity contribution is 0.0633. The Kier molecular flexibility index (Phi) is 14.5. The Labute approximate surface area is 377 Å². The highest BCUT2D eigenvalue weighted by Gasteiger charge is 2.29. The highest BCUT2D eigenvalue weighted by Crippen LogP contribution is 2.51. The van der Waals surface area contributed by atoms with Crippen molar-refractivity contribution >= 4 is 239 Å². The molecule has 0 saturated carbocycles. The van der Waals surface area contributed by atoms with Crippen LogP contribution in [0, 0.1) is 0 Å². The molecule has 1 heterocycles. The molecule has 0 atom stereocenters. The second kappa shape index (κ2) is 16.1. The summed E-state index contributed by atoms with van der Waals surface area (Å²) in [6, 6.07) is 0. The van der Waals surface area contributed by atoms with Crippen LogP contribution in [0.2, 0.25) is 0 Å². The molecule has 0 amide bonds. The fraction of sp³-hybridized carbons (Fsp3) is 0. The second-order valence-electron chi connectivity index (χ2n) is 7.70. The number of rotatable bonds is 6. The van der Waals surface area contributed by atoms with Crippen molar-refractivity contribution in [1.29, 1.82) is 0 Å². The normalized spacial score (nSPS) is 11.3. The Bertz CT molecular complexity index is 1770. The summed E-state index contributed by atoms with van der Waals surface area (Å²) in [7, 11) is 0. The monoisotopic (exact) mass is 1570 g/mol. The van der Waals surface area contributed by atoms with Crippen LogP contribution < -0.4 is 31.6 Å². The van der Waals surface area contributed by atoms with Gasteiger partial charge in [-0.15, -0.1) is 0 Å². The van der Waals surface area contributed by atoms with Crippen LogP contribution in [0.3, 0.4) is 0 Å². The fourth-order valence-electron chi connectivity index (χ4n) is 3.00. The van der Waals surface area contributed by atoms with E-state index in [0.29, 0.717) is 67.1 Å². The van der Waals surface area contributed by atoms with E-state index in [1.807, 2.05) is 0 Å². The third-order valence-electron chi connectivity index (χ3n) is 5.10. The molecule has 0 N–H and O–H groups in total. The molecule has 3 aromatic carbocycles. The Hall–Kier alpha value is 2.67. The van der Waals surface area contributed by atoms with Crippen molar-refractivity contribution in [3.8, 4) is 17.2 Å². The molecule has 0 saturated heterocycles. The van der Waals surface area contributed by atoms with E-state index in [0.717, 1.165) is 0 Å². The van der Waals surface area contributed by atoms with Gasteiger partial charge in [-0.25, -0.2) is 14.4 Å². The van der Waals surface area contributed by atoms with E-state index in [-0.39, 0.29) is 31.4 Å². The molecule has 0 aliphatic carbocycles. The van der Waals surface area contributed by atoms with Crippen LogP contribution in [0.4, 0.5) is 0 Å². The molecule has 9 nitrogen and oxygen atoms in total. The molecule has 0 unspecified atom stereocenters. The summed E-state index contributed by atoms with van der Waals surface area (Å²) in [5, 5.41) is 0. The molecular formula is C21Br15N3O6. The van der Waals surface area contributed by atoms with Crippen molar-refractivity contribution in [2.75, 3.05) is 0 Å². The molecule has 1 aromatic heterocycles. The van der Waals surface area contributed by atoms with Crippen LogP contribution in [-0.2, 0) is 0 Å². The van der Waals surface area contributed by atoms with Crippen LogP contribution >= 0.6 is 239 Å². The van der Waals surface area contributed by atoms with Crippen LogP contribution in [0.25, 0.3) is 0 Å². The molecule has 0 fully saturated rings. The minimum Gasteiger partial charge on any atom is -0.363 e. The Balaban J connectivity index is 2.09. The smallest absolute Gasteiger partial charge is 0.363 e. The van der Waals surface area contributed by atoms with Gasteiger partial charge in [0.1, 0.15) is 0 Å². The maximum atomic E-state index is 13.9. The van der Waals surface area contributed by atoms with E-state index in [4.69, 9.17) is 14.5 Å². The van der Waals surface area contributed by atoms with Crippen molar-refractivity contribution in [1.82, 2.24) is 14.2 Å². The molecule has 4 rings (SSSR count). The van der Waals surface area contributed by atoms with Gasteiger partial charge in [0.15, 0.2) is 17.2 Å². The quantitative estimate of drug-likeness (QED) is 0.141. The Morgan fingerprint density at radius 1 is 0.267 bits per heavy atom. The topological polar surface area (TPSA) is 93.7 Å². The molecule has 45 heavy (non-hydrogen) atoms. The summed E-state index contributed by atoms with van der Waals surface area (Å²) in [6.45, 7) is 0. The zero-order valence-corrected chi connectivity index (χ0v) is 43.8. The maximum Gasteiger partial charge on any atom is 0.404 e. The maximum absolute atomic E-state index is 13.9. The van der Waals surface area contributed by atoms with E-state index >= 15 is 0 Å². The largest absolute Gasteiger partial charge is 0.404 e. The van der Waals surface area contributed by atoms with Crippen molar-refractivity contribution in [3.63, 3.8) is 0 Å². The van der Waals surface area contributed by atoms with Crippen molar-refractivity contribution in [2.45, 2.75) is 0 Å². The van der Waals surface area contributed by atoms with E-state index in [1.165, 1.54) is 0 Å². The first-order valence-electron chi connectivity index (χ1n) is 10.4. The van der Waals surface area contributed by atoms with Crippen molar-refractivity contribution < 1.29 is 14.5 Å². The standard InChI is InChI=1S/C21Br15N3O6/c22-1-4(25)10(31)16(11(32)5(1)26)43-37-19(40)38(44-17-12(33)6(27)2(23)7(28)13(17)34)21(42)39(20(37)41)45-18-14(35)8(29)3(24)9(30)15(18)36. The summed E-state index contributed by atoms with van der Waals surface area (Å²) >= 11 is 51.2. The van der Waals surface area contributed by atoms with Gasteiger partial charge < -0.3 is 14.5 Å². The molecule has 24 heteroatoms. The summed E-state index contributed by atoms with van der Waals surface area (Å²) < 4.78 is 7.37. The number of benzene rings is 3. The molecule has 0 radical (unpaired) electrons. The van der Waals surface area contributed by atoms with Crippen molar-refractivity contribution in [2.24, 2.45) is 0 Å². The minimum atomic E-state index is -1.32. The lowest BCUT2D eigenvalue weighted by Crippen LogP contribution is -2.58. The number of hydrogen-bond donors (Lipinski definition) is 0. The van der Waals surface area contributed by atoms with Gasteiger partial charge in [-0.1, -0.05) is 14.2 Å². The third-order valence-corrected chi connectivity index (χ3v) is 23.2. The Morgan fingerprint density at radius 2 is 0.400 bits per heavy atom. The van der Waals surface area contributed by atoms with E-state index < -0.39 is 17.1 Å². The Morgan fingerprint density at radius 3 is 0.556 bits per heavy atom. The fourth-order valence-corrected chi connectivity index (χ4v) is 12.5. The lowest BCUT2D eigenvalue weighted by Gasteiger charge is -2.19. The van der Waals surface area contributed by atoms with Crippen LogP contribution in [0.5, 0.6) is 17.2 Å². The number of aromatic nitrogens is 3. The predicted molar refractivity (Wildman–Crippen MR) is 222 cm³/mol. The summed E-state index contributed by atoms with van der Waals surface area (Å²) in [5.41, 5.74) is -3.95. The summed E-state index contributed by atoms with van der Waals surface area (Å²) in [5.74, 6) is -0.0809. The van der Waals surface area contributed by atoms with E-state index in [9.17, 15) is 14.4 Å². The van der Waals surface area contributed by atoms with Gasteiger partial charge >= 0.3 is 17.1 Å². The molecule has 0 aliphatic rings. The van der Waals surface area contributed by atoms with Crippen LogP contribution in [0.15, 0.2) is 81.5 Å². The van der Waals surface area contributed by atoms with Gasteiger partial charge in [0.2, 0.25) is 0 Å². The first-order chi connectivity index (χ1) is 20.8. The van der Waals surface area contributed by atoms with E-state index in [1.54, 1.807) is 0 Å². The van der Waals surface area contributed by atoms with Gasteiger partial charge in [0, 0.05) is 13.4 Å². The van der Waals surface area contributed by atoms with Gasteiger partial charge in [-0.05, 0) is 239 Å². The molecular weight excluding hydrogens is 1590 g/mol. The number of hydrogen-bond acceptors (Lipinski definition) is 6. The summed E-state index contributed by atoms with van der Waals surface area (Å²) in [6.07, 6.45) is 0. The van der Waals surface area contributed by atoms with Crippen LogP contribution in [0.1, 0.15) is 0 Å². The zero-order chi connectivity index (χ0) is 34.0.